The summed E-state index contributed by atoms with van der Waals surface area (Å²) in [7, 11) is 0. The van der Waals surface area contributed by atoms with Crippen molar-refractivity contribution in [2.45, 2.75) is 6.92 Å². The molecule has 0 radical (unpaired) electrons. The van der Waals surface area contributed by atoms with Crippen molar-refractivity contribution in [3.8, 4) is 22.8 Å². The zero-order valence-electron chi connectivity index (χ0n) is 21.5. The molecule has 0 unspecified atom stereocenters. The Balaban J connectivity index is 1.52. The molecule has 0 spiro atoms. The van der Waals surface area contributed by atoms with Crippen LogP contribution >= 0.6 is 0 Å². The van der Waals surface area contributed by atoms with Crippen molar-refractivity contribution in [2.24, 2.45) is 0 Å². The number of rotatable bonds is 3. The van der Waals surface area contributed by atoms with Crippen LogP contribution in [0.15, 0.2) is 133 Å². The normalized spacial score (nSPS) is 11.7. The van der Waals surface area contributed by atoms with Crippen LogP contribution in [0.3, 0.4) is 0 Å². The highest BCUT2D eigenvalue weighted by molar-refractivity contribution is 6.10. The van der Waals surface area contributed by atoms with E-state index >= 15 is 0 Å². The van der Waals surface area contributed by atoms with Gasteiger partial charge in [0.15, 0.2) is 0 Å². The summed E-state index contributed by atoms with van der Waals surface area (Å²) in [6.07, 6.45) is 0. The molecule has 0 bridgehead atoms. The maximum atomic E-state index is 5.40. The lowest BCUT2D eigenvalue weighted by atomic mass is 10.0. The minimum Gasteiger partial charge on any atom is -0.294 e. The van der Waals surface area contributed by atoms with Crippen LogP contribution in [-0.4, -0.2) is 14.1 Å². The van der Waals surface area contributed by atoms with Gasteiger partial charge in [-0.05, 0) is 60.0 Å². The summed E-state index contributed by atoms with van der Waals surface area (Å²) in [5.74, 6) is 1.81. The summed E-state index contributed by atoms with van der Waals surface area (Å²) < 4.78 is 4.62. The largest absolute Gasteiger partial charge is 0.294 e. The Bertz CT molecular complexity index is 1960. The lowest BCUT2D eigenvalue weighted by Crippen LogP contribution is -2.04. The van der Waals surface area contributed by atoms with Crippen LogP contribution in [-0.2, 0) is 0 Å². The molecule has 0 atom stereocenters. The van der Waals surface area contributed by atoms with Crippen molar-refractivity contribution in [3.63, 3.8) is 0 Å². The fourth-order valence-electron chi connectivity index (χ4n) is 6.12. The molecule has 0 saturated carbocycles. The second-order valence-corrected chi connectivity index (χ2v) is 10.1. The lowest BCUT2D eigenvalue weighted by molar-refractivity contribution is 1.01. The highest BCUT2D eigenvalue weighted by atomic mass is 15.1. The van der Waals surface area contributed by atoms with Crippen LogP contribution in [0, 0.1) is 6.92 Å². The van der Waals surface area contributed by atoms with Gasteiger partial charge in [0.25, 0.3) is 0 Å². The van der Waals surface area contributed by atoms with Crippen molar-refractivity contribution < 1.29 is 0 Å². The number of aromatic nitrogens is 3. The Morgan fingerprint density at radius 2 is 0.795 bits per heavy atom. The molecule has 3 nitrogen and oxygen atoms in total. The number of fused-ring (bicyclic) bond motifs is 6. The first-order valence-electron chi connectivity index (χ1n) is 13.3. The van der Waals surface area contributed by atoms with Crippen LogP contribution in [0.25, 0.3) is 66.4 Å². The zero-order valence-corrected chi connectivity index (χ0v) is 21.5. The average Bonchev–Trinajstić information content (AvgIpc) is 3.50. The molecule has 39 heavy (non-hydrogen) atoms. The second-order valence-electron chi connectivity index (χ2n) is 10.1. The van der Waals surface area contributed by atoms with Crippen molar-refractivity contribution >= 4 is 43.6 Å². The minimum atomic E-state index is 0.907. The zero-order chi connectivity index (χ0) is 25.9. The Kier molecular flexibility index (Phi) is 4.74. The van der Waals surface area contributed by atoms with Crippen LogP contribution in [0.2, 0.25) is 0 Å². The average molecular weight is 500 g/mol. The molecule has 8 aromatic rings. The molecule has 3 heterocycles. The van der Waals surface area contributed by atoms with Crippen LogP contribution in [0.4, 0.5) is 0 Å². The Hall–Kier alpha value is -5.15. The molecule has 0 amide bonds. The van der Waals surface area contributed by atoms with E-state index in [1.165, 1.54) is 32.7 Å². The maximum absolute atomic E-state index is 5.40. The number of hydrogen-bond donors (Lipinski definition) is 0. The number of para-hydroxylation sites is 4. The molecule has 0 saturated heterocycles. The predicted molar refractivity (Wildman–Crippen MR) is 163 cm³/mol. The molecule has 3 aromatic heterocycles. The van der Waals surface area contributed by atoms with Crippen LogP contribution in [0.5, 0.6) is 0 Å². The first kappa shape index (κ1) is 21.9. The van der Waals surface area contributed by atoms with E-state index in [4.69, 9.17) is 4.98 Å². The van der Waals surface area contributed by atoms with E-state index < -0.39 is 0 Å². The molecule has 0 N–H and O–H groups in total. The Labute approximate surface area is 226 Å². The maximum Gasteiger partial charge on any atom is 0.140 e. The molecular weight excluding hydrogens is 474 g/mol. The van der Waals surface area contributed by atoms with Gasteiger partial charge in [-0.1, -0.05) is 97.1 Å². The molecule has 0 aliphatic rings. The molecule has 184 valence electrons. The van der Waals surface area contributed by atoms with E-state index in [0.717, 1.165) is 39.3 Å². The van der Waals surface area contributed by atoms with Gasteiger partial charge in [-0.25, -0.2) is 4.98 Å². The summed E-state index contributed by atoms with van der Waals surface area (Å²) in [5, 5.41) is 4.92. The Morgan fingerprint density at radius 1 is 0.436 bits per heavy atom. The number of pyridine rings is 1. The van der Waals surface area contributed by atoms with Gasteiger partial charge in [-0.15, -0.1) is 0 Å². The van der Waals surface area contributed by atoms with Crippen LogP contribution in [0.1, 0.15) is 5.56 Å². The molecule has 5 aromatic carbocycles. The van der Waals surface area contributed by atoms with Crippen LogP contribution < -0.4 is 0 Å². The van der Waals surface area contributed by atoms with Gasteiger partial charge in [0.2, 0.25) is 0 Å². The van der Waals surface area contributed by atoms with Crippen molar-refractivity contribution in [3.05, 3.63) is 139 Å². The first-order chi connectivity index (χ1) is 19.3. The number of hydrogen-bond acceptors (Lipinski definition) is 1. The Morgan fingerprint density at radius 3 is 1.21 bits per heavy atom. The third-order valence-corrected chi connectivity index (χ3v) is 7.87. The molecule has 0 aliphatic heterocycles. The highest BCUT2D eigenvalue weighted by Gasteiger charge is 2.18. The van der Waals surface area contributed by atoms with E-state index in [-0.39, 0.29) is 0 Å². The topological polar surface area (TPSA) is 22.8 Å². The SMILES string of the molecule is Cc1ccccc1-c1cc(-n2c3ccccc3c3ccccc32)nc(-n2c3ccccc3c3ccccc32)c1. The van der Waals surface area contributed by atoms with Gasteiger partial charge < -0.3 is 0 Å². The van der Waals surface area contributed by atoms with E-state index in [0.29, 0.717) is 0 Å². The summed E-state index contributed by atoms with van der Waals surface area (Å²) >= 11 is 0. The molecule has 0 fully saturated rings. The van der Waals surface area contributed by atoms with Crippen molar-refractivity contribution in [1.29, 1.82) is 0 Å². The van der Waals surface area contributed by atoms with Crippen molar-refractivity contribution in [2.75, 3.05) is 0 Å². The summed E-state index contributed by atoms with van der Waals surface area (Å²) in [5.41, 5.74) is 8.22. The summed E-state index contributed by atoms with van der Waals surface area (Å²) in [6, 6.07) is 47.5. The van der Waals surface area contributed by atoms with Gasteiger partial charge in [-0.3, -0.25) is 9.13 Å². The number of benzene rings is 5. The standard InChI is InChI=1S/C36H25N3/c1-24-12-2-3-13-26(24)25-22-35(38-31-18-8-4-14-27(31)28-15-5-9-19-32(28)38)37-36(23-25)39-33-20-10-6-16-29(33)30-17-7-11-21-34(30)39/h2-23H,1H3. The lowest BCUT2D eigenvalue weighted by Gasteiger charge is -2.15. The van der Waals surface area contributed by atoms with Gasteiger partial charge in [0.05, 0.1) is 22.1 Å². The van der Waals surface area contributed by atoms with Gasteiger partial charge in [0.1, 0.15) is 11.6 Å². The highest BCUT2D eigenvalue weighted by Crippen LogP contribution is 2.36. The molecular formula is C36H25N3. The van der Waals surface area contributed by atoms with E-state index in [1.807, 2.05) is 0 Å². The van der Waals surface area contributed by atoms with Gasteiger partial charge in [0, 0.05) is 21.5 Å². The second kappa shape index (κ2) is 8.44. The fourth-order valence-corrected chi connectivity index (χ4v) is 6.12. The molecule has 8 rings (SSSR count). The number of aryl methyl sites for hydroxylation is 1. The van der Waals surface area contributed by atoms with Gasteiger partial charge in [-0.2, -0.15) is 0 Å². The first-order valence-corrected chi connectivity index (χ1v) is 13.3. The quantitative estimate of drug-likeness (QED) is 0.237. The molecule has 3 heteroatoms. The third kappa shape index (κ3) is 3.27. The third-order valence-electron chi connectivity index (χ3n) is 7.87. The monoisotopic (exact) mass is 499 g/mol. The van der Waals surface area contributed by atoms with E-state index in [9.17, 15) is 0 Å². The fraction of sp³-hybridized carbons (Fsp3) is 0.0278. The van der Waals surface area contributed by atoms with E-state index in [1.54, 1.807) is 0 Å². The summed E-state index contributed by atoms with van der Waals surface area (Å²) in [4.78, 5) is 5.40. The smallest absolute Gasteiger partial charge is 0.140 e. The predicted octanol–water partition coefficient (Wildman–Crippen LogP) is 9.25. The minimum absolute atomic E-state index is 0.907. The molecule has 0 aliphatic carbocycles. The van der Waals surface area contributed by atoms with E-state index in [2.05, 4.69) is 150 Å². The van der Waals surface area contributed by atoms with Crippen molar-refractivity contribution in [1.82, 2.24) is 14.1 Å². The number of nitrogens with zero attached hydrogens (tertiary/aromatic N) is 3. The summed E-state index contributed by atoms with van der Waals surface area (Å²) in [6.45, 7) is 2.18. The van der Waals surface area contributed by atoms with Gasteiger partial charge >= 0.3 is 0 Å².